The van der Waals surface area contributed by atoms with Gasteiger partial charge in [-0.05, 0) is 31.4 Å². The van der Waals surface area contributed by atoms with Gasteiger partial charge in [0.05, 0.1) is 11.0 Å². The number of benzene rings is 1. The third kappa shape index (κ3) is 3.96. The van der Waals surface area contributed by atoms with Crippen molar-refractivity contribution in [3.05, 3.63) is 39.2 Å². The standard InChI is InChI=1S/C17H22FN3O4/c1-12-13(9-14(18)10-15(12)21(23)24)11-19-4-6-20(7-5-19)17(22)16-3-2-8-25-16/h9-10,16H,2-8,11H2,1H3. The highest BCUT2D eigenvalue weighted by Crippen LogP contribution is 2.25. The Hall–Kier alpha value is -2.06. The first-order valence-corrected chi connectivity index (χ1v) is 8.52. The lowest BCUT2D eigenvalue weighted by molar-refractivity contribution is -0.385. The van der Waals surface area contributed by atoms with Crippen molar-refractivity contribution in [3.63, 3.8) is 0 Å². The maximum atomic E-state index is 13.7. The zero-order valence-corrected chi connectivity index (χ0v) is 14.2. The van der Waals surface area contributed by atoms with E-state index in [0.29, 0.717) is 50.5 Å². The lowest BCUT2D eigenvalue weighted by Gasteiger charge is -2.35. The Bertz CT molecular complexity index is 668. The Morgan fingerprint density at radius 3 is 2.68 bits per heavy atom. The summed E-state index contributed by atoms with van der Waals surface area (Å²) in [6, 6.07) is 2.31. The summed E-state index contributed by atoms with van der Waals surface area (Å²) in [5.74, 6) is -0.547. The number of nitro benzene ring substituents is 1. The van der Waals surface area contributed by atoms with E-state index in [9.17, 15) is 19.3 Å². The molecule has 2 heterocycles. The minimum Gasteiger partial charge on any atom is -0.368 e. The zero-order valence-electron chi connectivity index (χ0n) is 14.2. The normalized spacial score (nSPS) is 21.5. The van der Waals surface area contributed by atoms with E-state index in [1.165, 1.54) is 6.07 Å². The summed E-state index contributed by atoms with van der Waals surface area (Å²) < 4.78 is 19.1. The molecule has 0 N–H and O–H groups in total. The molecule has 2 aliphatic rings. The van der Waals surface area contributed by atoms with E-state index < -0.39 is 10.7 Å². The quantitative estimate of drug-likeness (QED) is 0.611. The molecule has 0 bridgehead atoms. The van der Waals surface area contributed by atoms with E-state index >= 15 is 0 Å². The van der Waals surface area contributed by atoms with E-state index in [2.05, 4.69) is 4.90 Å². The summed E-state index contributed by atoms with van der Waals surface area (Å²) in [6.45, 7) is 5.22. The molecule has 7 nitrogen and oxygen atoms in total. The van der Waals surface area contributed by atoms with Crippen molar-refractivity contribution in [1.29, 1.82) is 0 Å². The van der Waals surface area contributed by atoms with E-state index in [1.54, 1.807) is 6.92 Å². The third-order valence-electron chi connectivity index (χ3n) is 4.93. The number of rotatable bonds is 4. The highest BCUT2D eigenvalue weighted by Gasteiger charge is 2.30. The average molecular weight is 351 g/mol. The first kappa shape index (κ1) is 17.8. The lowest BCUT2D eigenvalue weighted by Crippen LogP contribution is -2.51. The predicted molar refractivity (Wildman–Crippen MR) is 88.6 cm³/mol. The van der Waals surface area contributed by atoms with Crippen molar-refractivity contribution < 1.29 is 18.8 Å². The van der Waals surface area contributed by atoms with Crippen LogP contribution in [0.2, 0.25) is 0 Å². The SMILES string of the molecule is Cc1c(CN2CCN(C(=O)C3CCCO3)CC2)cc(F)cc1[N+](=O)[O-]. The molecule has 3 rings (SSSR count). The van der Waals surface area contributed by atoms with Gasteiger partial charge in [0, 0.05) is 44.9 Å². The number of hydrogen-bond acceptors (Lipinski definition) is 5. The summed E-state index contributed by atoms with van der Waals surface area (Å²) in [6.07, 6.45) is 1.40. The Labute approximate surface area is 145 Å². The van der Waals surface area contributed by atoms with Crippen molar-refractivity contribution in [1.82, 2.24) is 9.80 Å². The van der Waals surface area contributed by atoms with Gasteiger partial charge in [-0.15, -0.1) is 0 Å². The van der Waals surface area contributed by atoms with Crippen LogP contribution in [0.5, 0.6) is 0 Å². The van der Waals surface area contributed by atoms with Crippen LogP contribution in [0, 0.1) is 22.9 Å². The van der Waals surface area contributed by atoms with Crippen LogP contribution in [0.4, 0.5) is 10.1 Å². The number of halogens is 1. The Kier molecular flexibility index (Phi) is 5.29. The minimum absolute atomic E-state index is 0.0507. The lowest BCUT2D eigenvalue weighted by atomic mass is 10.1. The number of ether oxygens (including phenoxy) is 1. The number of amides is 1. The van der Waals surface area contributed by atoms with Gasteiger partial charge in [0.1, 0.15) is 11.9 Å². The van der Waals surface area contributed by atoms with Gasteiger partial charge < -0.3 is 9.64 Å². The molecule has 8 heteroatoms. The van der Waals surface area contributed by atoms with E-state index in [1.807, 2.05) is 4.90 Å². The second-order valence-corrected chi connectivity index (χ2v) is 6.57. The number of nitro groups is 1. The number of carbonyl (C=O) groups excluding carboxylic acids is 1. The zero-order chi connectivity index (χ0) is 18.0. The highest BCUT2D eigenvalue weighted by atomic mass is 19.1. The Morgan fingerprint density at radius 2 is 2.08 bits per heavy atom. The summed E-state index contributed by atoms with van der Waals surface area (Å²) in [5, 5.41) is 11.0. The highest BCUT2D eigenvalue weighted by molar-refractivity contribution is 5.81. The van der Waals surface area contributed by atoms with Gasteiger partial charge >= 0.3 is 0 Å². The van der Waals surface area contributed by atoms with E-state index in [-0.39, 0.29) is 17.7 Å². The fourth-order valence-corrected chi connectivity index (χ4v) is 3.42. The van der Waals surface area contributed by atoms with Gasteiger partial charge in [0.25, 0.3) is 11.6 Å². The van der Waals surface area contributed by atoms with Crippen LogP contribution < -0.4 is 0 Å². The largest absolute Gasteiger partial charge is 0.368 e. The van der Waals surface area contributed by atoms with Gasteiger partial charge in [0.15, 0.2) is 0 Å². The van der Waals surface area contributed by atoms with Crippen LogP contribution in [-0.2, 0) is 16.1 Å². The second kappa shape index (κ2) is 7.45. The number of piperazine rings is 1. The van der Waals surface area contributed by atoms with Gasteiger partial charge in [-0.3, -0.25) is 19.8 Å². The smallest absolute Gasteiger partial charge is 0.275 e. The summed E-state index contributed by atoms with van der Waals surface area (Å²) in [4.78, 5) is 26.7. The molecule has 25 heavy (non-hydrogen) atoms. The van der Waals surface area contributed by atoms with Crippen LogP contribution >= 0.6 is 0 Å². The van der Waals surface area contributed by atoms with Crippen LogP contribution in [-0.4, -0.2) is 59.5 Å². The summed E-state index contributed by atoms with van der Waals surface area (Å²) in [5.41, 5.74) is 0.914. The Balaban J connectivity index is 1.61. The molecule has 1 aromatic rings. The molecule has 0 radical (unpaired) electrons. The number of hydrogen-bond donors (Lipinski definition) is 0. The summed E-state index contributed by atoms with van der Waals surface area (Å²) >= 11 is 0. The van der Waals surface area contributed by atoms with Crippen molar-refractivity contribution in [2.24, 2.45) is 0 Å². The van der Waals surface area contributed by atoms with E-state index in [0.717, 1.165) is 18.9 Å². The van der Waals surface area contributed by atoms with Crippen molar-refractivity contribution in [2.45, 2.75) is 32.4 Å². The molecule has 2 saturated heterocycles. The predicted octanol–water partition coefficient (Wildman–Crippen LogP) is 1.87. The van der Waals surface area contributed by atoms with Crippen molar-refractivity contribution in [3.8, 4) is 0 Å². The fraction of sp³-hybridized carbons (Fsp3) is 0.588. The molecular formula is C17H22FN3O4. The average Bonchev–Trinajstić information content (AvgIpc) is 3.12. The van der Waals surface area contributed by atoms with Crippen molar-refractivity contribution >= 4 is 11.6 Å². The van der Waals surface area contributed by atoms with Gasteiger partial charge in [0.2, 0.25) is 0 Å². The molecule has 2 aliphatic heterocycles. The fourth-order valence-electron chi connectivity index (χ4n) is 3.42. The molecule has 1 unspecified atom stereocenters. The first-order chi connectivity index (χ1) is 12.0. The molecule has 1 atom stereocenters. The van der Waals surface area contributed by atoms with Crippen LogP contribution in [0.3, 0.4) is 0 Å². The molecule has 0 spiro atoms. The molecule has 1 aromatic carbocycles. The molecular weight excluding hydrogens is 329 g/mol. The first-order valence-electron chi connectivity index (χ1n) is 8.52. The van der Waals surface area contributed by atoms with Crippen LogP contribution in [0.15, 0.2) is 12.1 Å². The second-order valence-electron chi connectivity index (χ2n) is 6.57. The summed E-state index contributed by atoms with van der Waals surface area (Å²) in [7, 11) is 0. The molecule has 0 aliphatic carbocycles. The van der Waals surface area contributed by atoms with Gasteiger partial charge in [-0.25, -0.2) is 4.39 Å². The molecule has 1 amide bonds. The molecule has 136 valence electrons. The maximum Gasteiger partial charge on any atom is 0.275 e. The Morgan fingerprint density at radius 1 is 1.36 bits per heavy atom. The van der Waals surface area contributed by atoms with Gasteiger partial charge in [-0.2, -0.15) is 0 Å². The third-order valence-corrected chi connectivity index (χ3v) is 4.93. The van der Waals surface area contributed by atoms with Crippen LogP contribution in [0.1, 0.15) is 24.0 Å². The monoisotopic (exact) mass is 351 g/mol. The number of carbonyl (C=O) groups is 1. The molecule has 0 saturated carbocycles. The topological polar surface area (TPSA) is 75.9 Å². The minimum atomic E-state index is -0.598. The molecule has 0 aromatic heterocycles. The maximum absolute atomic E-state index is 13.7. The van der Waals surface area contributed by atoms with Gasteiger partial charge in [-0.1, -0.05) is 0 Å². The van der Waals surface area contributed by atoms with Crippen LogP contribution in [0.25, 0.3) is 0 Å². The van der Waals surface area contributed by atoms with E-state index in [4.69, 9.17) is 4.74 Å². The van der Waals surface area contributed by atoms with Crippen molar-refractivity contribution in [2.75, 3.05) is 32.8 Å². The number of nitrogens with zero attached hydrogens (tertiary/aromatic N) is 3. The molecule has 2 fully saturated rings.